The molecule has 1 unspecified atom stereocenters. The van der Waals surface area contributed by atoms with Crippen molar-refractivity contribution < 1.29 is 5.11 Å². The van der Waals surface area contributed by atoms with Crippen LogP contribution in [0.3, 0.4) is 0 Å². The van der Waals surface area contributed by atoms with Gasteiger partial charge in [-0.05, 0) is 53.8 Å². The van der Waals surface area contributed by atoms with Gasteiger partial charge >= 0.3 is 0 Å². The monoisotopic (exact) mass is 216 g/mol. The molecule has 3 nitrogen and oxygen atoms in total. The molecule has 1 atom stereocenters. The molecule has 15 heavy (non-hydrogen) atoms. The number of rotatable bonds is 8. The number of nitrogens with zero attached hydrogens (tertiary/aromatic N) is 1. The first-order valence-electron chi connectivity index (χ1n) is 6.01. The Bertz CT molecular complexity index is 147. The summed E-state index contributed by atoms with van der Waals surface area (Å²) < 4.78 is 0. The minimum atomic E-state index is -0.0716. The third kappa shape index (κ3) is 4.96. The van der Waals surface area contributed by atoms with Crippen molar-refractivity contribution in [2.45, 2.75) is 51.6 Å². The first-order chi connectivity index (χ1) is 7.01. The van der Waals surface area contributed by atoms with Crippen molar-refractivity contribution in [3.05, 3.63) is 0 Å². The highest BCUT2D eigenvalue weighted by molar-refractivity contribution is 4.84. The lowest BCUT2D eigenvalue weighted by molar-refractivity contribution is 0.145. The lowest BCUT2D eigenvalue weighted by atomic mass is 9.91. The summed E-state index contributed by atoms with van der Waals surface area (Å²) in [6.45, 7) is 7.86. The van der Waals surface area contributed by atoms with E-state index in [1.807, 2.05) is 7.05 Å². The van der Waals surface area contributed by atoms with Gasteiger partial charge in [0.05, 0.1) is 6.61 Å². The van der Waals surface area contributed by atoms with Crippen LogP contribution in [0.1, 0.15) is 40.0 Å². The molecule has 0 bridgehead atoms. The van der Waals surface area contributed by atoms with Crippen molar-refractivity contribution in [1.82, 2.24) is 10.2 Å². The number of hydrogen-bond donors (Lipinski definition) is 2. The van der Waals surface area contributed by atoms with Crippen LogP contribution in [0.25, 0.3) is 0 Å². The second-order valence-electron chi connectivity index (χ2n) is 4.72. The van der Waals surface area contributed by atoms with Crippen LogP contribution < -0.4 is 5.32 Å². The molecule has 0 saturated carbocycles. The van der Waals surface area contributed by atoms with E-state index >= 15 is 0 Å². The van der Waals surface area contributed by atoms with Crippen LogP contribution >= 0.6 is 0 Å². The van der Waals surface area contributed by atoms with E-state index in [0.29, 0.717) is 6.04 Å². The minimum absolute atomic E-state index is 0.0716. The molecule has 0 heterocycles. The third-order valence-electron chi connectivity index (χ3n) is 3.56. The second-order valence-corrected chi connectivity index (χ2v) is 4.72. The first kappa shape index (κ1) is 14.9. The van der Waals surface area contributed by atoms with E-state index < -0.39 is 0 Å². The van der Waals surface area contributed by atoms with Gasteiger partial charge < -0.3 is 15.3 Å². The van der Waals surface area contributed by atoms with Crippen molar-refractivity contribution in [1.29, 1.82) is 0 Å². The average molecular weight is 216 g/mol. The predicted octanol–water partition coefficient (Wildman–Crippen LogP) is 1.47. The fraction of sp³-hybridized carbons (Fsp3) is 1.00. The molecule has 0 aromatic heterocycles. The molecule has 0 amide bonds. The smallest absolute Gasteiger partial charge is 0.0613 e. The molecular weight excluding hydrogens is 188 g/mol. The maximum absolute atomic E-state index is 9.37. The van der Waals surface area contributed by atoms with E-state index in [1.54, 1.807) is 0 Å². The lowest BCUT2D eigenvalue weighted by Gasteiger charge is -2.31. The van der Waals surface area contributed by atoms with Gasteiger partial charge in [0, 0.05) is 11.6 Å². The fourth-order valence-corrected chi connectivity index (χ4v) is 1.67. The summed E-state index contributed by atoms with van der Waals surface area (Å²) in [6.07, 6.45) is 3.14. The van der Waals surface area contributed by atoms with Gasteiger partial charge in [0.25, 0.3) is 0 Å². The van der Waals surface area contributed by atoms with Crippen molar-refractivity contribution >= 4 is 0 Å². The van der Waals surface area contributed by atoms with Crippen LogP contribution in [-0.4, -0.2) is 48.8 Å². The maximum Gasteiger partial charge on any atom is 0.0613 e. The van der Waals surface area contributed by atoms with Gasteiger partial charge in [-0.2, -0.15) is 0 Å². The topological polar surface area (TPSA) is 35.5 Å². The van der Waals surface area contributed by atoms with Crippen molar-refractivity contribution in [3.63, 3.8) is 0 Å². The molecule has 2 N–H and O–H groups in total. The highest BCUT2D eigenvalue weighted by atomic mass is 16.3. The van der Waals surface area contributed by atoms with Crippen molar-refractivity contribution in [2.24, 2.45) is 0 Å². The summed E-state index contributed by atoms with van der Waals surface area (Å²) in [6, 6.07) is 0.602. The highest BCUT2D eigenvalue weighted by Gasteiger charge is 2.24. The summed E-state index contributed by atoms with van der Waals surface area (Å²) in [7, 11) is 4.09. The molecule has 0 rings (SSSR count). The molecule has 92 valence electrons. The van der Waals surface area contributed by atoms with E-state index in [9.17, 15) is 5.11 Å². The Labute approximate surface area is 94.9 Å². The summed E-state index contributed by atoms with van der Waals surface area (Å²) in [5, 5.41) is 12.6. The number of hydrogen-bond acceptors (Lipinski definition) is 3. The first-order valence-corrected chi connectivity index (χ1v) is 6.01. The second kappa shape index (κ2) is 7.20. The van der Waals surface area contributed by atoms with Gasteiger partial charge in [-0.3, -0.25) is 0 Å². The number of nitrogens with one attached hydrogen (secondary N) is 1. The molecule has 0 aliphatic heterocycles. The fourth-order valence-electron chi connectivity index (χ4n) is 1.67. The molecule has 0 radical (unpaired) electrons. The molecule has 0 aromatic carbocycles. The maximum atomic E-state index is 9.37. The normalized spacial score (nSPS) is 16.0. The molecule has 0 saturated heterocycles. The quantitative estimate of drug-likeness (QED) is 0.645. The van der Waals surface area contributed by atoms with Gasteiger partial charge in [0.2, 0.25) is 0 Å². The molecule has 3 heteroatoms. The van der Waals surface area contributed by atoms with E-state index in [4.69, 9.17) is 0 Å². The largest absolute Gasteiger partial charge is 0.394 e. The van der Waals surface area contributed by atoms with Gasteiger partial charge in [0.1, 0.15) is 0 Å². The number of aliphatic hydroxyl groups excluding tert-OH is 1. The van der Waals surface area contributed by atoms with Gasteiger partial charge in [0.15, 0.2) is 0 Å². The Hall–Kier alpha value is -0.120. The van der Waals surface area contributed by atoms with E-state index in [-0.39, 0.29) is 12.1 Å². The zero-order valence-corrected chi connectivity index (χ0v) is 11.0. The van der Waals surface area contributed by atoms with Crippen molar-refractivity contribution in [3.8, 4) is 0 Å². The van der Waals surface area contributed by atoms with E-state index in [0.717, 1.165) is 25.8 Å². The number of likely N-dealkylation sites (N-methyl/N-ethyl adjacent to an activating group) is 1. The minimum Gasteiger partial charge on any atom is -0.394 e. The SMILES string of the molecule is CCC(CO)(CCCN(C)C(C)C)NC. The molecule has 0 aliphatic rings. The summed E-state index contributed by atoms with van der Waals surface area (Å²) in [5.41, 5.74) is -0.0716. The lowest BCUT2D eigenvalue weighted by Crippen LogP contribution is -2.46. The average Bonchev–Trinajstić information content (AvgIpc) is 2.24. The Morgan fingerprint density at radius 2 is 2.00 bits per heavy atom. The third-order valence-corrected chi connectivity index (χ3v) is 3.56. The van der Waals surface area contributed by atoms with Crippen LogP contribution in [0.2, 0.25) is 0 Å². The Morgan fingerprint density at radius 1 is 1.40 bits per heavy atom. The number of aliphatic hydroxyl groups is 1. The van der Waals surface area contributed by atoms with E-state index in [1.165, 1.54) is 0 Å². The van der Waals surface area contributed by atoms with Gasteiger partial charge in [-0.25, -0.2) is 0 Å². The zero-order valence-electron chi connectivity index (χ0n) is 11.0. The molecule has 0 spiro atoms. The summed E-state index contributed by atoms with van der Waals surface area (Å²) in [4.78, 5) is 2.34. The standard InChI is InChI=1S/C12H28N2O/c1-6-12(10-15,13-4)8-7-9-14(5)11(2)3/h11,13,15H,6-10H2,1-5H3. The molecule has 0 fully saturated rings. The summed E-state index contributed by atoms with van der Waals surface area (Å²) in [5.74, 6) is 0. The predicted molar refractivity (Wildman–Crippen MR) is 66.2 cm³/mol. The van der Waals surface area contributed by atoms with Crippen LogP contribution in [-0.2, 0) is 0 Å². The summed E-state index contributed by atoms with van der Waals surface area (Å²) >= 11 is 0. The zero-order chi connectivity index (χ0) is 11.9. The molecular formula is C12H28N2O. The van der Waals surface area contributed by atoms with E-state index in [2.05, 4.69) is 38.0 Å². The van der Waals surface area contributed by atoms with Crippen LogP contribution in [0.4, 0.5) is 0 Å². The van der Waals surface area contributed by atoms with Crippen molar-refractivity contribution in [2.75, 3.05) is 27.2 Å². The highest BCUT2D eigenvalue weighted by Crippen LogP contribution is 2.16. The Balaban J connectivity index is 3.91. The van der Waals surface area contributed by atoms with Crippen LogP contribution in [0.15, 0.2) is 0 Å². The molecule has 0 aromatic rings. The Morgan fingerprint density at radius 3 is 2.33 bits per heavy atom. The van der Waals surface area contributed by atoms with Gasteiger partial charge in [-0.1, -0.05) is 6.92 Å². The van der Waals surface area contributed by atoms with Crippen LogP contribution in [0, 0.1) is 0 Å². The Kier molecular flexibility index (Phi) is 7.14. The van der Waals surface area contributed by atoms with Crippen LogP contribution in [0.5, 0.6) is 0 Å². The molecule has 0 aliphatic carbocycles. The van der Waals surface area contributed by atoms with Gasteiger partial charge in [-0.15, -0.1) is 0 Å².